The minimum absolute atomic E-state index is 0.00978. The molecular weight excluding hydrogens is 342 g/mol. The predicted octanol–water partition coefficient (Wildman–Crippen LogP) is 3.86. The lowest BCUT2D eigenvalue weighted by Crippen LogP contribution is -2.33. The van der Waals surface area contributed by atoms with E-state index in [0.29, 0.717) is 17.2 Å². The van der Waals surface area contributed by atoms with Crippen LogP contribution in [-0.4, -0.2) is 16.9 Å². The maximum atomic E-state index is 11.9. The predicted molar refractivity (Wildman–Crippen MR) is 103 cm³/mol. The number of carbonyl (C=O) groups is 2. The van der Waals surface area contributed by atoms with E-state index in [1.54, 1.807) is 30.3 Å². The lowest BCUT2D eigenvalue weighted by Gasteiger charge is -2.10. The Morgan fingerprint density at radius 2 is 1.71 bits per heavy atom. The van der Waals surface area contributed by atoms with Crippen molar-refractivity contribution in [3.8, 4) is 0 Å². The zero-order chi connectivity index (χ0) is 17.5. The first-order valence-corrected chi connectivity index (χ1v) is 8.78. The van der Waals surface area contributed by atoms with E-state index in [4.69, 9.17) is 12.2 Å². The standard InChI is InChI=1S/C17H19N3O2S2/c1-11(2)10-15(21)18-12-5-7-13(8-6-12)19-17(23)20-16(22)14-4-3-9-24-14/h3-9,11H,10H2,1-2H3,(H,18,21)(H2,19,20,22,23). The van der Waals surface area contributed by atoms with Gasteiger partial charge in [0.2, 0.25) is 5.91 Å². The van der Waals surface area contributed by atoms with Gasteiger partial charge in [0.05, 0.1) is 4.88 Å². The van der Waals surface area contributed by atoms with Crippen molar-refractivity contribution in [1.29, 1.82) is 0 Å². The number of amides is 2. The molecule has 0 saturated heterocycles. The number of nitrogens with one attached hydrogen (secondary N) is 3. The summed E-state index contributed by atoms with van der Waals surface area (Å²) in [5.74, 6) is 0.0692. The van der Waals surface area contributed by atoms with Gasteiger partial charge in [-0.05, 0) is 53.8 Å². The van der Waals surface area contributed by atoms with Crippen molar-refractivity contribution in [2.24, 2.45) is 5.92 Å². The Balaban J connectivity index is 1.86. The van der Waals surface area contributed by atoms with Gasteiger partial charge in [-0.25, -0.2) is 0 Å². The summed E-state index contributed by atoms with van der Waals surface area (Å²) in [6.07, 6.45) is 0.485. The van der Waals surface area contributed by atoms with E-state index in [0.717, 1.165) is 11.4 Å². The normalized spacial score (nSPS) is 10.3. The Kier molecular flexibility index (Phi) is 6.45. The van der Waals surface area contributed by atoms with Crippen LogP contribution in [0.25, 0.3) is 0 Å². The number of hydrogen-bond acceptors (Lipinski definition) is 4. The maximum absolute atomic E-state index is 11.9. The summed E-state index contributed by atoms with van der Waals surface area (Å²) in [4.78, 5) is 24.2. The van der Waals surface area contributed by atoms with Gasteiger partial charge in [-0.1, -0.05) is 19.9 Å². The third-order valence-electron chi connectivity index (χ3n) is 2.99. The highest BCUT2D eigenvalue weighted by Gasteiger charge is 2.09. The molecule has 0 bridgehead atoms. The Morgan fingerprint density at radius 1 is 1.08 bits per heavy atom. The molecular formula is C17H19N3O2S2. The summed E-state index contributed by atoms with van der Waals surface area (Å²) >= 11 is 6.48. The number of thiocarbonyl (C=S) groups is 1. The Labute approximate surface area is 150 Å². The maximum Gasteiger partial charge on any atom is 0.267 e. The van der Waals surface area contributed by atoms with Gasteiger partial charge in [-0.15, -0.1) is 11.3 Å². The molecule has 0 aliphatic heterocycles. The number of rotatable bonds is 5. The second-order valence-electron chi connectivity index (χ2n) is 5.61. The Bertz CT molecular complexity index is 710. The van der Waals surface area contributed by atoms with Crippen LogP contribution < -0.4 is 16.0 Å². The molecule has 0 radical (unpaired) electrons. The van der Waals surface area contributed by atoms with Crippen molar-refractivity contribution in [3.05, 3.63) is 46.7 Å². The zero-order valence-corrected chi connectivity index (χ0v) is 15.1. The van der Waals surface area contributed by atoms with E-state index in [1.165, 1.54) is 11.3 Å². The summed E-state index contributed by atoms with van der Waals surface area (Å²) in [5, 5.41) is 10.5. The first kappa shape index (κ1) is 18.1. The Hall–Kier alpha value is -2.25. The number of hydrogen-bond donors (Lipinski definition) is 3. The van der Waals surface area contributed by atoms with Gasteiger partial charge in [0.1, 0.15) is 0 Å². The quantitative estimate of drug-likeness (QED) is 0.707. The molecule has 1 heterocycles. The van der Waals surface area contributed by atoms with Crippen LogP contribution in [0.15, 0.2) is 41.8 Å². The van der Waals surface area contributed by atoms with Gasteiger partial charge in [0.25, 0.3) is 5.91 Å². The van der Waals surface area contributed by atoms with Crippen molar-refractivity contribution in [3.63, 3.8) is 0 Å². The highest BCUT2D eigenvalue weighted by Crippen LogP contribution is 2.15. The second kappa shape index (κ2) is 8.56. The number of thiophene rings is 1. The summed E-state index contributed by atoms with van der Waals surface area (Å²) in [6, 6.07) is 10.7. The summed E-state index contributed by atoms with van der Waals surface area (Å²) < 4.78 is 0. The van der Waals surface area contributed by atoms with Crippen LogP contribution in [0, 0.1) is 5.92 Å². The van der Waals surface area contributed by atoms with Crippen molar-refractivity contribution in [2.45, 2.75) is 20.3 Å². The zero-order valence-electron chi connectivity index (χ0n) is 13.5. The third-order valence-corrected chi connectivity index (χ3v) is 4.06. The third kappa shape index (κ3) is 5.75. The molecule has 0 atom stereocenters. The van der Waals surface area contributed by atoms with Gasteiger partial charge in [-0.2, -0.15) is 0 Å². The van der Waals surface area contributed by atoms with Gasteiger partial charge < -0.3 is 10.6 Å². The largest absolute Gasteiger partial charge is 0.332 e. The van der Waals surface area contributed by atoms with E-state index in [2.05, 4.69) is 16.0 Å². The fourth-order valence-corrected chi connectivity index (χ4v) is 2.78. The minimum atomic E-state index is -0.236. The van der Waals surface area contributed by atoms with Gasteiger partial charge in [0.15, 0.2) is 5.11 Å². The lowest BCUT2D eigenvalue weighted by molar-refractivity contribution is -0.116. The van der Waals surface area contributed by atoms with Crippen LogP contribution in [0.2, 0.25) is 0 Å². The van der Waals surface area contributed by atoms with Crippen LogP contribution in [0.1, 0.15) is 29.9 Å². The molecule has 0 unspecified atom stereocenters. The number of benzene rings is 1. The van der Waals surface area contributed by atoms with Crippen LogP contribution in [-0.2, 0) is 4.79 Å². The van der Waals surface area contributed by atoms with E-state index in [1.807, 2.05) is 25.3 Å². The molecule has 24 heavy (non-hydrogen) atoms. The van der Waals surface area contributed by atoms with Crippen molar-refractivity contribution in [2.75, 3.05) is 10.6 Å². The van der Waals surface area contributed by atoms with Crippen molar-refractivity contribution in [1.82, 2.24) is 5.32 Å². The highest BCUT2D eigenvalue weighted by atomic mass is 32.1. The summed E-state index contributed by atoms with van der Waals surface area (Å²) in [5.41, 5.74) is 1.45. The van der Waals surface area contributed by atoms with E-state index < -0.39 is 0 Å². The smallest absolute Gasteiger partial charge is 0.267 e. The lowest BCUT2D eigenvalue weighted by atomic mass is 10.1. The molecule has 2 amide bonds. The molecule has 5 nitrogen and oxygen atoms in total. The average Bonchev–Trinajstić information content (AvgIpc) is 3.02. The minimum Gasteiger partial charge on any atom is -0.332 e. The molecule has 0 fully saturated rings. The molecule has 0 aliphatic carbocycles. The second-order valence-corrected chi connectivity index (χ2v) is 6.96. The monoisotopic (exact) mass is 361 g/mol. The molecule has 0 spiro atoms. The Morgan fingerprint density at radius 3 is 2.25 bits per heavy atom. The number of carbonyl (C=O) groups excluding carboxylic acids is 2. The van der Waals surface area contributed by atoms with E-state index >= 15 is 0 Å². The number of anilines is 2. The molecule has 2 rings (SSSR count). The molecule has 1 aromatic carbocycles. The van der Waals surface area contributed by atoms with Gasteiger partial charge >= 0.3 is 0 Å². The topological polar surface area (TPSA) is 70.2 Å². The van der Waals surface area contributed by atoms with E-state index in [-0.39, 0.29) is 16.9 Å². The van der Waals surface area contributed by atoms with Crippen LogP contribution in [0.5, 0.6) is 0 Å². The van der Waals surface area contributed by atoms with Gasteiger partial charge in [0, 0.05) is 17.8 Å². The summed E-state index contributed by atoms with van der Waals surface area (Å²) in [7, 11) is 0. The molecule has 0 aliphatic rings. The first-order valence-electron chi connectivity index (χ1n) is 7.50. The van der Waals surface area contributed by atoms with Crippen molar-refractivity contribution < 1.29 is 9.59 Å². The van der Waals surface area contributed by atoms with E-state index in [9.17, 15) is 9.59 Å². The molecule has 0 saturated carbocycles. The summed E-state index contributed by atoms with van der Waals surface area (Å²) in [6.45, 7) is 4.00. The molecule has 3 N–H and O–H groups in total. The van der Waals surface area contributed by atoms with Crippen LogP contribution >= 0.6 is 23.6 Å². The highest BCUT2D eigenvalue weighted by molar-refractivity contribution is 7.80. The fourth-order valence-electron chi connectivity index (χ4n) is 1.95. The van der Waals surface area contributed by atoms with Crippen LogP contribution in [0.3, 0.4) is 0 Å². The first-order chi connectivity index (χ1) is 11.4. The SMILES string of the molecule is CC(C)CC(=O)Nc1ccc(NC(=S)NC(=O)c2cccs2)cc1. The van der Waals surface area contributed by atoms with Crippen molar-refractivity contribution >= 4 is 51.9 Å². The molecule has 2 aromatic rings. The average molecular weight is 361 g/mol. The molecule has 7 heteroatoms. The molecule has 126 valence electrons. The van der Waals surface area contributed by atoms with Gasteiger partial charge in [-0.3, -0.25) is 14.9 Å². The van der Waals surface area contributed by atoms with Crippen LogP contribution in [0.4, 0.5) is 11.4 Å². The fraction of sp³-hybridized carbons (Fsp3) is 0.235. The molecule has 1 aromatic heterocycles.